The van der Waals surface area contributed by atoms with E-state index in [1.165, 1.54) is 18.2 Å². The first-order valence-electron chi connectivity index (χ1n) is 5.95. The van der Waals surface area contributed by atoms with Gasteiger partial charge in [0.25, 0.3) is 0 Å². The van der Waals surface area contributed by atoms with Crippen molar-refractivity contribution in [3.05, 3.63) is 52.3 Å². The van der Waals surface area contributed by atoms with Crippen LogP contribution in [0.4, 0.5) is 4.39 Å². The lowest BCUT2D eigenvalue weighted by molar-refractivity contribution is 0.472. The molecule has 20 heavy (non-hydrogen) atoms. The summed E-state index contributed by atoms with van der Waals surface area (Å²) in [5, 5.41) is 0. The lowest BCUT2D eigenvalue weighted by Gasteiger charge is -2.10. The van der Waals surface area contributed by atoms with Gasteiger partial charge in [-0.3, -0.25) is 0 Å². The number of ether oxygens (including phenoxy) is 1. The van der Waals surface area contributed by atoms with Crippen LogP contribution in [0.25, 0.3) is 0 Å². The lowest BCUT2D eigenvalue weighted by Crippen LogP contribution is -1.98. The molecule has 1 aliphatic heterocycles. The van der Waals surface area contributed by atoms with Crippen molar-refractivity contribution in [1.82, 2.24) is 0 Å². The second-order valence-electron chi connectivity index (χ2n) is 4.48. The average molecular weight is 357 g/mol. The second kappa shape index (κ2) is 4.86. The Morgan fingerprint density at radius 3 is 2.75 bits per heavy atom. The predicted octanol–water partition coefficient (Wildman–Crippen LogP) is 3.71. The quantitative estimate of drug-likeness (QED) is 0.823. The van der Waals surface area contributed by atoms with E-state index in [4.69, 9.17) is 4.74 Å². The maximum absolute atomic E-state index is 13.1. The molecule has 3 nitrogen and oxygen atoms in total. The van der Waals surface area contributed by atoms with Crippen molar-refractivity contribution in [1.29, 1.82) is 0 Å². The zero-order valence-electron chi connectivity index (χ0n) is 10.3. The summed E-state index contributed by atoms with van der Waals surface area (Å²) in [6.45, 7) is 0. The van der Waals surface area contributed by atoms with Crippen LogP contribution >= 0.6 is 15.9 Å². The number of hydrogen-bond donors (Lipinski definition) is 0. The molecule has 0 N–H and O–H groups in total. The summed E-state index contributed by atoms with van der Waals surface area (Å²) in [4.78, 5) is 0.343. The minimum atomic E-state index is -3.17. The Morgan fingerprint density at radius 1 is 1.20 bits per heavy atom. The van der Waals surface area contributed by atoms with E-state index in [1.54, 1.807) is 18.2 Å². The SMILES string of the molecule is O=S1(=O)CCc2c1ccc(Oc1cccc(F)c1)c2Br. The molecule has 0 unspecified atom stereocenters. The van der Waals surface area contributed by atoms with Crippen molar-refractivity contribution in [2.24, 2.45) is 0 Å². The maximum atomic E-state index is 13.1. The first-order valence-corrected chi connectivity index (χ1v) is 8.39. The van der Waals surface area contributed by atoms with E-state index < -0.39 is 9.84 Å². The summed E-state index contributed by atoms with van der Waals surface area (Å²) in [7, 11) is -3.17. The standard InChI is InChI=1S/C14H10BrFO3S/c15-14-11-6-7-20(17,18)13(11)5-4-12(14)19-10-3-1-2-9(16)8-10/h1-5,8H,6-7H2. The van der Waals surface area contributed by atoms with Gasteiger partial charge in [-0.15, -0.1) is 0 Å². The Hall–Kier alpha value is -1.40. The number of sulfone groups is 1. The zero-order chi connectivity index (χ0) is 14.3. The van der Waals surface area contributed by atoms with Gasteiger partial charge in [0.15, 0.2) is 9.84 Å². The zero-order valence-corrected chi connectivity index (χ0v) is 12.7. The minimum Gasteiger partial charge on any atom is -0.456 e. The molecule has 0 aliphatic carbocycles. The molecule has 0 fully saturated rings. The topological polar surface area (TPSA) is 43.4 Å². The fourth-order valence-corrected chi connectivity index (χ4v) is 4.49. The summed E-state index contributed by atoms with van der Waals surface area (Å²) in [5.74, 6) is 0.574. The molecule has 0 saturated heterocycles. The van der Waals surface area contributed by atoms with Crippen LogP contribution in [0.1, 0.15) is 5.56 Å². The van der Waals surface area contributed by atoms with Crippen LogP contribution < -0.4 is 4.74 Å². The third-order valence-corrected chi connectivity index (χ3v) is 5.81. The van der Waals surface area contributed by atoms with Gasteiger partial charge < -0.3 is 4.74 Å². The van der Waals surface area contributed by atoms with Crippen LogP contribution in [0.2, 0.25) is 0 Å². The Bertz CT molecular complexity index is 787. The molecule has 2 aromatic rings. The van der Waals surface area contributed by atoms with Crippen LogP contribution in [0.3, 0.4) is 0 Å². The molecule has 0 aromatic heterocycles. The average Bonchev–Trinajstić information content (AvgIpc) is 2.69. The van der Waals surface area contributed by atoms with Crippen LogP contribution in [0, 0.1) is 5.82 Å². The lowest BCUT2D eigenvalue weighted by atomic mass is 10.1. The van der Waals surface area contributed by atoms with Gasteiger partial charge in [-0.25, -0.2) is 12.8 Å². The van der Waals surface area contributed by atoms with E-state index in [1.807, 2.05) is 0 Å². The Kier molecular flexibility index (Phi) is 3.30. The van der Waals surface area contributed by atoms with E-state index in [2.05, 4.69) is 15.9 Å². The molecule has 3 rings (SSSR count). The molecule has 0 spiro atoms. The molecule has 0 amide bonds. The number of fused-ring (bicyclic) bond motifs is 1. The highest BCUT2D eigenvalue weighted by Crippen LogP contribution is 2.39. The van der Waals surface area contributed by atoms with E-state index in [0.29, 0.717) is 27.3 Å². The summed E-state index contributed by atoms with van der Waals surface area (Å²) in [6.07, 6.45) is 0.457. The van der Waals surface area contributed by atoms with Crippen LogP contribution in [0.15, 0.2) is 45.8 Å². The Morgan fingerprint density at radius 2 is 2.00 bits per heavy atom. The van der Waals surface area contributed by atoms with Crippen molar-refractivity contribution >= 4 is 25.8 Å². The third kappa shape index (κ3) is 2.33. The van der Waals surface area contributed by atoms with Gasteiger partial charge in [-0.05, 0) is 52.2 Å². The molecule has 0 bridgehead atoms. The molecule has 104 valence electrons. The Balaban J connectivity index is 2.01. The molecule has 0 atom stereocenters. The highest BCUT2D eigenvalue weighted by Gasteiger charge is 2.29. The first-order chi connectivity index (χ1) is 9.47. The number of rotatable bonds is 2. The van der Waals surface area contributed by atoms with Gasteiger partial charge in [0.2, 0.25) is 0 Å². The summed E-state index contributed by atoms with van der Waals surface area (Å²) >= 11 is 3.38. The molecule has 2 aromatic carbocycles. The van der Waals surface area contributed by atoms with Crippen molar-refractivity contribution in [3.8, 4) is 11.5 Å². The summed E-state index contributed by atoms with van der Waals surface area (Å²) < 4.78 is 43.0. The molecular formula is C14H10BrFO3S. The third-order valence-electron chi connectivity index (χ3n) is 3.14. The summed E-state index contributed by atoms with van der Waals surface area (Å²) in [6, 6.07) is 8.91. The molecule has 0 saturated carbocycles. The van der Waals surface area contributed by atoms with E-state index in [0.717, 1.165) is 5.56 Å². The monoisotopic (exact) mass is 356 g/mol. The smallest absolute Gasteiger partial charge is 0.179 e. The van der Waals surface area contributed by atoms with Crippen molar-refractivity contribution < 1.29 is 17.5 Å². The maximum Gasteiger partial charge on any atom is 0.179 e. The van der Waals surface area contributed by atoms with Gasteiger partial charge in [0.05, 0.1) is 15.1 Å². The highest BCUT2D eigenvalue weighted by atomic mass is 79.9. The van der Waals surface area contributed by atoms with Gasteiger partial charge in [0.1, 0.15) is 17.3 Å². The van der Waals surface area contributed by atoms with Gasteiger partial charge in [-0.1, -0.05) is 6.07 Å². The first kappa shape index (κ1) is 13.6. The number of hydrogen-bond acceptors (Lipinski definition) is 3. The predicted molar refractivity (Wildman–Crippen MR) is 76.4 cm³/mol. The largest absolute Gasteiger partial charge is 0.456 e. The van der Waals surface area contributed by atoms with E-state index in [9.17, 15) is 12.8 Å². The normalized spacial score (nSPS) is 15.9. The second-order valence-corrected chi connectivity index (χ2v) is 7.35. The van der Waals surface area contributed by atoms with Crippen LogP contribution in [-0.4, -0.2) is 14.2 Å². The fourth-order valence-electron chi connectivity index (χ4n) is 2.19. The minimum absolute atomic E-state index is 0.115. The number of benzene rings is 2. The van der Waals surface area contributed by atoms with Crippen molar-refractivity contribution in [3.63, 3.8) is 0 Å². The van der Waals surface area contributed by atoms with E-state index >= 15 is 0 Å². The summed E-state index contributed by atoms with van der Waals surface area (Å²) in [5.41, 5.74) is 0.721. The molecular weight excluding hydrogens is 347 g/mol. The van der Waals surface area contributed by atoms with Crippen LogP contribution in [-0.2, 0) is 16.3 Å². The van der Waals surface area contributed by atoms with Gasteiger partial charge in [0, 0.05) is 6.07 Å². The molecule has 1 heterocycles. The highest BCUT2D eigenvalue weighted by molar-refractivity contribution is 9.10. The Labute approximate surface area is 124 Å². The molecule has 1 aliphatic rings. The molecule has 6 heteroatoms. The molecule has 0 radical (unpaired) electrons. The fraction of sp³-hybridized carbons (Fsp3) is 0.143. The van der Waals surface area contributed by atoms with Crippen LogP contribution in [0.5, 0.6) is 11.5 Å². The van der Waals surface area contributed by atoms with E-state index in [-0.39, 0.29) is 11.6 Å². The number of halogens is 2. The van der Waals surface area contributed by atoms with Crippen molar-refractivity contribution in [2.45, 2.75) is 11.3 Å². The van der Waals surface area contributed by atoms with Crippen molar-refractivity contribution in [2.75, 3.05) is 5.75 Å². The van der Waals surface area contributed by atoms with Gasteiger partial charge in [-0.2, -0.15) is 0 Å². The van der Waals surface area contributed by atoms with Gasteiger partial charge >= 0.3 is 0 Å².